The molecule has 0 radical (unpaired) electrons. The highest BCUT2D eigenvalue weighted by Crippen LogP contribution is 2.27. The molecule has 1 unspecified atom stereocenters. The fraction of sp³-hybridized carbons (Fsp3) is 0.353. The first kappa shape index (κ1) is 15.3. The fourth-order valence-electron chi connectivity index (χ4n) is 2.81. The third-order valence-corrected chi connectivity index (χ3v) is 4.05. The summed E-state index contributed by atoms with van der Waals surface area (Å²) in [6, 6.07) is 4.23. The van der Waals surface area contributed by atoms with E-state index in [0.29, 0.717) is 0 Å². The Balaban J connectivity index is 1.97. The van der Waals surface area contributed by atoms with Crippen LogP contribution in [-0.4, -0.2) is 38.4 Å². The van der Waals surface area contributed by atoms with Crippen molar-refractivity contribution in [1.29, 1.82) is 0 Å². The van der Waals surface area contributed by atoms with Crippen LogP contribution in [-0.2, 0) is 7.05 Å². The van der Waals surface area contributed by atoms with Gasteiger partial charge in [0, 0.05) is 57.1 Å². The van der Waals surface area contributed by atoms with Crippen molar-refractivity contribution >= 4 is 5.82 Å². The third-order valence-electron chi connectivity index (χ3n) is 4.05. The summed E-state index contributed by atoms with van der Waals surface area (Å²) in [6.07, 6.45) is 7.78. The van der Waals surface area contributed by atoms with E-state index in [1.54, 1.807) is 0 Å². The lowest BCUT2D eigenvalue weighted by Gasteiger charge is -2.16. The van der Waals surface area contributed by atoms with Crippen LogP contribution in [0.4, 0.5) is 5.82 Å². The summed E-state index contributed by atoms with van der Waals surface area (Å²) < 4.78 is 4.02. The van der Waals surface area contributed by atoms with Gasteiger partial charge >= 0.3 is 0 Å². The first-order valence-corrected chi connectivity index (χ1v) is 7.64. The lowest BCUT2D eigenvalue weighted by molar-refractivity contribution is 0.641. The van der Waals surface area contributed by atoms with Gasteiger partial charge in [0.15, 0.2) is 0 Å². The summed E-state index contributed by atoms with van der Waals surface area (Å²) in [4.78, 5) is 11.0. The smallest absolute Gasteiger partial charge is 0.142 e. The Bertz CT molecular complexity index is 797. The molecule has 0 aromatic carbocycles. The van der Waals surface area contributed by atoms with Crippen molar-refractivity contribution in [2.24, 2.45) is 7.05 Å². The molecule has 6 nitrogen and oxygen atoms in total. The third kappa shape index (κ3) is 2.84. The molecule has 3 rings (SSSR count). The number of pyridine rings is 1. The molecular weight excluding hydrogens is 288 g/mol. The molecule has 0 spiro atoms. The molecule has 3 aromatic rings. The molecule has 3 heterocycles. The molecule has 0 bridgehead atoms. The van der Waals surface area contributed by atoms with Crippen LogP contribution >= 0.6 is 0 Å². The zero-order chi connectivity index (χ0) is 16.6. The van der Waals surface area contributed by atoms with Gasteiger partial charge in [-0.05, 0) is 26.0 Å². The second kappa shape index (κ2) is 5.87. The molecule has 3 aromatic heterocycles. The Labute approximate surface area is 136 Å². The Hall–Kier alpha value is -2.63. The number of hydrogen-bond donors (Lipinski definition) is 0. The quantitative estimate of drug-likeness (QED) is 0.743. The minimum Gasteiger partial charge on any atom is -0.363 e. The molecule has 6 heteroatoms. The highest BCUT2D eigenvalue weighted by molar-refractivity contribution is 5.57. The van der Waals surface area contributed by atoms with Crippen LogP contribution in [0.5, 0.6) is 0 Å². The number of aromatic nitrogens is 5. The second-order valence-electron chi connectivity index (χ2n) is 5.98. The monoisotopic (exact) mass is 310 g/mol. The Morgan fingerprint density at radius 3 is 2.52 bits per heavy atom. The summed E-state index contributed by atoms with van der Waals surface area (Å²) >= 11 is 0. The van der Waals surface area contributed by atoms with Crippen molar-refractivity contribution < 1.29 is 0 Å². The van der Waals surface area contributed by atoms with Gasteiger partial charge in [-0.25, -0.2) is 9.97 Å². The highest BCUT2D eigenvalue weighted by atomic mass is 15.3. The maximum atomic E-state index is 4.53. The van der Waals surface area contributed by atoms with E-state index in [-0.39, 0.29) is 6.04 Å². The Kier molecular flexibility index (Phi) is 3.90. The first-order valence-electron chi connectivity index (χ1n) is 7.64. The van der Waals surface area contributed by atoms with Crippen molar-refractivity contribution in [2.45, 2.75) is 19.9 Å². The van der Waals surface area contributed by atoms with Gasteiger partial charge in [0.1, 0.15) is 11.6 Å². The molecule has 0 saturated heterocycles. The van der Waals surface area contributed by atoms with Crippen molar-refractivity contribution in [3.63, 3.8) is 0 Å². The Morgan fingerprint density at radius 1 is 1.17 bits per heavy atom. The van der Waals surface area contributed by atoms with Gasteiger partial charge in [-0.1, -0.05) is 0 Å². The molecular formula is C17H22N6. The van der Waals surface area contributed by atoms with E-state index < -0.39 is 0 Å². The van der Waals surface area contributed by atoms with Crippen LogP contribution in [0.3, 0.4) is 0 Å². The van der Waals surface area contributed by atoms with E-state index in [1.807, 2.05) is 62.3 Å². The largest absolute Gasteiger partial charge is 0.363 e. The SMILES string of the molecule is Cc1nn(C)cc1C(C)n1ccnc1-c1ccc(N(C)C)nc1. The fourth-order valence-corrected chi connectivity index (χ4v) is 2.81. The zero-order valence-corrected chi connectivity index (χ0v) is 14.2. The van der Waals surface area contributed by atoms with Crippen LogP contribution in [0.25, 0.3) is 11.4 Å². The molecule has 0 N–H and O–H groups in total. The van der Waals surface area contributed by atoms with Crippen molar-refractivity contribution in [1.82, 2.24) is 24.3 Å². The molecule has 0 fully saturated rings. The first-order chi connectivity index (χ1) is 11.0. The topological polar surface area (TPSA) is 51.8 Å². The molecule has 0 aliphatic heterocycles. The van der Waals surface area contributed by atoms with Gasteiger partial charge in [0.25, 0.3) is 0 Å². The van der Waals surface area contributed by atoms with Crippen molar-refractivity contribution in [3.05, 3.63) is 48.2 Å². The number of rotatable bonds is 4. The van der Waals surface area contributed by atoms with Gasteiger partial charge in [0.05, 0.1) is 11.7 Å². The van der Waals surface area contributed by atoms with E-state index >= 15 is 0 Å². The lowest BCUT2D eigenvalue weighted by atomic mass is 10.1. The second-order valence-corrected chi connectivity index (χ2v) is 5.98. The molecule has 0 aliphatic carbocycles. The van der Waals surface area contributed by atoms with E-state index in [0.717, 1.165) is 22.9 Å². The van der Waals surface area contributed by atoms with Crippen molar-refractivity contribution in [3.8, 4) is 11.4 Å². The zero-order valence-electron chi connectivity index (χ0n) is 14.2. The standard InChI is InChI=1S/C17H22N6/c1-12-15(11-22(5)20-12)13(2)23-9-8-18-17(23)14-6-7-16(19-10-14)21(3)4/h6-11,13H,1-5H3. The molecule has 120 valence electrons. The number of anilines is 1. The average molecular weight is 310 g/mol. The van der Waals surface area contributed by atoms with Crippen LogP contribution in [0, 0.1) is 6.92 Å². The molecule has 1 atom stereocenters. The van der Waals surface area contributed by atoms with E-state index in [2.05, 4.69) is 38.8 Å². The summed E-state index contributed by atoms with van der Waals surface area (Å²) in [5, 5.41) is 4.44. The minimum absolute atomic E-state index is 0.162. The lowest BCUT2D eigenvalue weighted by Crippen LogP contribution is -2.11. The molecule has 0 amide bonds. The number of hydrogen-bond acceptors (Lipinski definition) is 4. The summed E-state index contributed by atoms with van der Waals surface area (Å²) in [5.41, 5.74) is 3.25. The number of nitrogens with zero attached hydrogens (tertiary/aromatic N) is 6. The van der Waals surface area contributed by atoms with Crippen LogP contribution < -0.4 is 4.90 Å². The van der Waals surface area contributed by atoms with Crippen LogP contribution in [0.2, 0.25) is 0 Å². The molecule has 23 heavy (non-hydrogen) atoms. The molecule has 0 aliphatic rings. The summed E-state index contributed by atoms with van der Waals surface area (Å²) in [7, 11) is 5.91. The van der Waals surface area contributed by atoms with E-state index in [1.165, 1.54) is 5.56 Å². The van der Waals surface area contributed by atoms with Gasteiger partial charge in [-0.15, -0.1) is 0 Å². The average Bonchev–Trinajstić information content (AvgIpc) is 3.13. The predicted molar refractivity (Wildman–Crippen MR) is 91.5 cm³/mol. The maximum Gasteiger partial charge on any atom is 0.142 e. The summed E-state index contributed by atoms with van der Waals surface area (Å²) in [6.45, 7) is 4.20. The van der Waals surface area contributed by atoms with Crippen molar-refractivity contribution in [2.75, 3.05) is 19.0 Å². The molecule has 0 saturated carbocycles. The predicted octanol–water partition coefficient (Wildman–Crippen LogP) is 2.66. The number of imidazole rings is 1. The van der Waals surface area contributed by atoms with Gasteiger partial charge < -0.3 is 9.47 Å². The van der Waals surface area contributed by atoms with Gasteiger partial charge in [0.2, 0.25) is 0 Å². The Morgan fingerprint density at radius 2 is 1.96 bits per heavy atom. The minimum atomic E-state index is 0.162. The normalized spacial score (nSPS) is 12.4. The van der Waals surface area contributed by atoms with Gasteiger partial charge in [-0.2, -0.15) is 5.10 Å². The number of aryl methyl sites for hydroxylation is 2. The van der Waals surface area contributed by atoms with Crippen LogP contribution in [0.1, 0.15) is 24.2 Å². The van der Waals surface area contributed by atoms with Crippen LogP contribution in [0.15, 0.2) is 36.9 Å². The van der Waals surface area contributed by atoms with E-state index in [9.17, 15) is 0 Å². The highest BCUT2D eigenvalue weighted by Gasteiger charge is 2.17. The summed E-state index contributed by atoms with van der Waals surface area (Å²) in [5.74, 6) is 1.85. The van der Waals surface area contributed by atoms with Gasteiger partial charge in [-0.3, -0.25) is 4.68 Å². The van der Waals surface area contributed by atoms with E-state index in [4.69, 9.17) is 0 Å². The maximum absolute atomic E-state index is 4.53.